The van der Waals surface area contributed by atoms with Crippen molar-refractivity contribution in [3.05, 3.63) is 71.7 Å². The number of para-hydroxylation sites is 1. The summed E-state index contributed by atoms with van der Waals surface area (Å²) in [6, 6.07) is 11.8. The first kappa shape index (κ1) is 16.3. The fourth-order valence-corrected chi connectivity index (χ4v) is 3.46. The first-order valence-electron chi connectivity index (χ1n) is 8.67. The van der Waals surface area contributed by atoms with Gasteiger partial charge in [0, 0.05) is 50.8 Å². The van der Waals surface area contributed by atoms with Crippen molar-refractivity contribution in [2.45, 2.75) is 13.0 Å². The Balaban J connectivity index is 1.62. The number of hydrogen-bond acceptors (Lipinski definition) is 4. The van der Waals surface area contributed by atoms with Crippen molar-refractivity contribution in [3.8, 4) is 0 Å². The minimum absolute atomic E-state index is 0.00362. The number of pyridine rings is 1. The van der Waals surface area contributed by atoms with Gasteiger partial charge >= 0.3 is 0 Å². The van der Waals surface area contributed by atoms with Crippen LogP contribution in [0.3, 0.4) is 0 Å². The smallest absolute Gasteiger partial charge is 0.262 e. The average molecular weight is 347 g/mol. The van der Waals surface area contributed by atoms with E-state index in [1.165, 1.54) is 5.56 Å². The van der Waals surface area contributed by atoms with Gasteiger partial charge in [-0.1, -0.05) is 18.2 Å². The zero-order valence-electron chi connectivity index (χ0n) is 15.0. The molecule has 0 bridgehead atoms. The van der Waals surface area contributed by atoms with Crippen LogP contribution in [0.4, 0.5) is 11.5 Å². The van der Waals surface area contributed by atoms with Crippen molar-refractivity contribution in [1.82, 2.24) is 14.8 Å². The molecule has 0 atom stereocenters. The second kappa shape index (κ2) is 6.63. The molecule has 3 heterocycles. The van der Waals surface area contributed by atoms with E-state index in [2.05, 4.69) is 16.1 Å². The van der Waals surface area contributed by atoms with Gasteiger partial charge in [0.1, 0.15) is 5.82 Å². The summed E-state index contributed by atoms with van der Waals surface area (Å²) in [5.41, 5.74) is 3.92. The third kappa shape index (κ3) is 2.94. The van der Waals surface area contributed by atoms with Crippen LogP contribution in [0.15, 0.2) is 55.0 Å². The highest BCUT2D eigenvalue weighted by Gasteiger charge is 2.27. The predicted molar refractivity (Wildman–Crippen MR) is 101 cm³/mol. The number of nitrogens with zero attached hydrogens (tertiary/aromatic N) is 5. The molecule has 1 aliphatic heterocycles. The molecule has 0 radical (unpaired) electrons. The maximum Gasteiger partial charge on any atom is 0.262 e. The lowest BCUT2D eigenvalue weighted by molar-refractivity contribution is 0.0989. The SMILES string of the molecule is CN(Cc1cnn(C)c1)c1ncccc1C(=O)N1CCc2ccccc21. The molecule has 4 rings (SSSR count). The summed E-state index contributed by atoms with van der Waals surface area (Å²) in [6.07, 6.45) is 6.42. The van der Waals surface area contributed by atoms with E-state index >= 15 is 0 Å². The molecule has 0 N–H and O–H groups in total. The van der Waals surface area contributed by atoms with Crippen molar-refractivity contribution in [2.24, 2.45) is 7.05 Å². The van der Waals surface area contributed by atoms with Gasteiger partial charge in [0.15, 0.2) is 0 Å². The van der Waals surface area contributed by atoms with Gasteiger partial charge in [0.25, 0.3) is 5.91 Å². The van der Waals surface area contributed by atoms with Gasteiger partial charge in [-0.15, -0.1) is 0 Å². The van der Waals surface area contributed by atoms with E-state index in [0.717, 1.165) is 17.7 Å². The number of amides is 1. The number of carbonyl (C=O) groups excluding carboxylic acids is 1. The number of rotatable bonds is 4. The average Bonchev–Trinajstić information content (AvgIpc) is 3.27. The van der Waals surface area contributed by atoms with E-state index in [1.807, 2.05) is 66.6 Å². The second-order valence-corrected chi connectivity index (χ2v) is 6.59. The standard InChI is InChI=1S/C20H21N5O/c1-23(13-15-12-22-24(2)14-15)19-17(7-5-10-21-19)20(26)25-11-9-16-6-3-4-8-18(16)25/h3-8,10,12,14H,9,11,13H2,1-2H3. The van der Waals surface area contributed by atoms with Crippen LogP contribution < -0.4 is 9.80 Å². The molecule has 0 spiro atoms. The van der Waals surface area contributed by atoms with Crippen LogP contribution in [0.25, 0.3) is 0 Å². The predicted octanol–water partition coefficient (Wildman–Crippen LogP) is 2.65. The Morgan fingerprint density at radius 2 is 2.08 bits per heavy atom. The van der Waals surface area contributed by atoms with Crippen LogP contribution in [-0.2, 0) is 20.0 Å². The van der Waals surface area contributed by atoms with E-state index in [0.29, 0.717) is 24.5 Å². The summed E-state index contributed by atoms with van der Waals surface area (Å²) in [6.45, 7) is 1.35. The minimum Gasteiger partial charge on any atom is -0.355 e. The lowest BCUT2D eigenvalue weighted by atomic mass is 10.1. The number of aromatic nitrogens is 3. The third-order valence-electron chi connectivity index (χ3n) is 4.69. The van der Waals surface area contributed by atoms with E-state index in [4.69, 9.17) is 0 Å². The zero-order chi connectivity index (χ0) is 18.1. The molecule has 1 amide bonds. The van der Waals surface area contributed by atoms with Crippen LogP contribution in [0.1, 0.15) is 21.5 Å². The van der Waals surface area contributed by atoms with Crippen molar-refractivity contribution in [2.75, 3.05) is 23.4 Å². The summed E-state index contributed by atoms with van der Waals surface area (Å²) in [7, 11) is 3.84. The lowest BCUT2D eigenvalue weighted by Gasteiger charge is -2.23. The maximum atomic E-state index is 13.2. The molecule has 0 fully saturated rings. The summed E-state index contributed by atoms with van der Waals surface area (Å²) in [5, 5.41) is 4.20. The van der Waals surface area contributed by atoms with E-state index in [-0.39, 0.29) is 5.91 Å². The zero-order valence-corrected chi connectivity index (χ0v) is 15.0. The van der Waals surface area contributed by atoms with E-state index in [9.17, 15) is 4.79 Å². The lowest BCUT2D eigenvalue weighted by Crippen LogP contribution is -2.31. The Morgan fingerprint density at radius 3 is 2.88 bits per heavy atom. The van der Waals surface area contributed by atoms with Crippen molar-refractivity contribution >= 4 is 17.4 Å². The number of anilines is 2. The second-order valence-electron chi connectivity index (χ2n) is 6.59. The molecule has 132 valence electrons. The highest BCUT2D eigenvalue weighted by Crippen LogP contribution is 2.30. The molecule has 3 aromatic rings. The molecule has 0 saturated carbocycles. The first-order valence-corrected chi connectivity index (χ1v) is 8.67. The van der Waals surface area contributed by atoms with Gasteiger partial charge in [-0.25, -0.2) is 4.98 Å². The highest BCUT2D eigenvalue weighted by molar-refractivity contribution is 6.10. The number of carbonyl (C=O) groups is 1. The topological polar surface area (TPSA) is 54.3 Å². The molecule has 6 nitrogen and oxygen atoms in total. The van der Waals surface area contributed by atoms with Crippen LogP contribution in [-0.4, -0.2) is 34.3 Å². The fraction of sp³-hybridized carbons (Fsp3) is 0.250. The Hall–Kier alpha value is -3.15. The van der Waals surface area contributed by atoms with Gasteiger partial charge in [-0.05, 0) is 30.2 Å². The summed E-state index contributed by atoms with van der Waals surface area (Å²) < 4.78 is 1.77. The van der Waals surface area contributed by atoms with Gasteiger partial charge in [0.05, 0.1) is 11.8 Å². The summed E-state index contributed by atoms with van der Waals surface area (Å²) in [5.74, 6) is 0.682. The van der Waals surface area contributed by atoms with Crippen molar-refractivity contribution in [1.29, 1.82) is 0 Å². The summed E-state index contributed by atoms with van der Waals surface area (Å²) >= 11 is 0. The number of fused-ring (bicyclic) bond motifs is 1. The number of aryl methyl sites for hydroxylation is 1. The van der Waals surface area contributed by atoms with Gasteiger partial charge in [-0.2, -0.15) is 5.10 Å². The number of benzene rings is 1. The molecule has 6 heteroatoms. The maximum absolute atomic E-state index is 13.2. The van der Waals surface area contributed by atoms with Crippen molar-refractivity contribution < 1.29 is 4.79 Å². The van der Waals surface area contributed by atoms with Crippen LogP contribution in [0.2, 0.25) is 0 Å². The normalized spacial score (nSPS) is 12.9. The Morgan fingerprint density at radius 1 is 1.23 bits per heavy atom. The third-order valence-corrected chi connectivity index (χ3v) is 4.69. The molecule has 0 saturated heterocycles. The van der Waals surface area contributed by atoms with Crippen LogP contribution in [0.5, 0.6) is 0 Å². The molecular formula is C20H21N5O. The first-order chi connectivity index (χ1) is 12.6. The molecular weight excluding hydrogens is 326 g/mol. The molecule has 0 aliphatic carbocycles. The van der Waals surface area contributed by atoms with Crippen LogP contribution >= 0.6 is 0 Å². The largest absolute Gasteiger partial charge is 0.355 e. The fourth-order valence-electron chi connectivity index (χ4n) is 3.46. The van der Waals surface area contributed by atoms with Crippen LogP contribution in [0, 0.1) is 0 Å². The number of hydrogen-bond donors (Lipinski definition) is 0. The minimum atomic E-state index is -0.00362. The van der Waals surface area contributed by atoms with Crippen molar-refractivity contribution in [3.63, 3.8) is 0 Å². The Kier molecular flexibility index (Phi) is 4.16. The monoisotopic (exact) mass is 347 g/mol. The molecule has 26 heavy (non-hydrogen) atoms. The van der Waals surface area contributed by atoms with Gasteiger partial charge < -0.3 is 9.80 Å². The Labute approximate surface area is 152 Å². The Bertz CT molecular complexity index is 949. The quantitative estimate of drug-likeness (QED) is 0.728. The molecule has 1 aliphatic rings. The van der Waals surface area contributed by atoms with E-state index < -0.39 is 0 Å². The molecule has 1 aromatic carbocycles. The van der Waals surface area contributed by atoms with Gasteiger partial charge in [0.2, 0.25) is 0 Å². The highest BCUT2D eigenvalue weighted by atomic mass is 16.2. The molecule has 0 unspecified atom stereocenters. The van der Waals surface area contributed by atoms with E-state index in [1.54, 1.807) is 10.9 Å². The summed E-state index contributed by atoms with van der Waals surface area (Å²) in [4.78, 5) is 21.6. The molecule has 2 aromatic heterocycles. The van der Waals surface area contributed by atoms with Gasteiger partial charge in [-0.3, -0.25) is 9.48 Å².